The molecule has 0 saturated heterocycles. The zero-order chi connectivity index (χ0) is 25.3. The van der Waals surface area contributed by atoms with Crippen LogP contribution in [0.15, 0.2) is 78.2 Å². The van der Waals surface area contributed by atoms with Crippen molar-refractivity contribution in [1.29, 1.82) is 0 Å². The van der Waals surface area contributed by atoms with Gasteiger partial charge in [0.05, 0.1) is 16.0 Å². The van der Waals surface area contributed by atoms with E-state index in [0.29, 0.717) is 22.5 Å². The standard InChI is InChI=1S/C26H24N4O4S/c1-3-24(31)29-22-6-4-5-17(21(22)14-27)18-11-12-19(26(28)32)25-20(18)13-23(30-25)15-7-9-16(10-8-15)35(2,33)34/h3-13,30H,1,14,27H2,2H3,(H2,28,32)(H,29,31). The highest BCUT2D eigenvalue weighted by Crippen LogP contribution is 2.37. The molecule has 0 aliphatic rings. The lowest BCUT2D eigenvalue weighted by atomic mass is 9.93. The Bertz CT molecular complexity index is 1590. The second kappa shape index (κ2) is 9.21. The third-order valence-electron chi connectivity index (χ3n) is 5.77. The number of carbonyl (C=O) groups is 2. The number of primary amides is 1. The Kier molecular flexibility index (Phi) is 6.29. The van der Waals surface area contributed by atoms with E-state index in [1.165, 1.54) is 18.2 Å². The summed E-state index contributed by atoms with van der Waals surface area (Å²) in [5.41, 5.74) is 16.8. The number of carbonyl (C=O) groups excluding carboxylic acids is 2. The molecule has 1 heterocycles. The molecular formula is C26H24N4O4S. The largest absolute Gasteiger partial charge is 0.366 e. The van der Waals surface area contributed by atoms with Gasteiger partial charge >= 0.3 is 0 Å². The predicted octanol–water partition coefficient (Wildman–Crippen LogP) is 3.59. The van der Waals surface area contributed by atoms with Gasteiger partial charge in [0.1, 0.15) is 0 Å². The molecular weight excluding hydrogens is 464 g/mol. The van der Waals surface area contributed by atoms with E-state index in [1.807, 2.05) is 12.1 Å². The fourth-order valence-electron chi connectivity index (χ4n) is 4.06. The first-order chi connectivity index (χ1) is 16.6. The molecule has 6 N–H and O–H groups in total. The Morgan fingerprint density at radius 3 is 2.37 bits per heavy atom. The van der Waals surface area contributed by atoms with Crippen LogP contribution in [0.2, 0.25) is 0 Å². The summed E-state index contributed by atoms with van der Waals surface area (Å²) in [5.74, 6) is -0.944. The number of aromatic amines is 1. The van der Waals surface area contributed by atoms with Gasteiger partial charge in [-0.25, -0.2) is 8.42 Å². The average molecular weight is 489 g/mol. The summed E-state index contributed by atoms with van der Waals surface area (Å²) in [6.45, 7) is 3.64. The van der Waals surface area contributed by atoms with Crippen molar-refractivity contribution in [3.63, 3.8) is 0 Å². The van der Waals surface area contributed by atoms with Crippen molar-refractivity contribution in [2.24, 2.45) is 11.5 Å². The van der Waals surface area contributed by atoms with Gasteiger partial charge in [-0.15, -0.1) is 0 Å². The second-order valence-corrected chi connectivity index (χ2v) is 10.0. The highest BCUT2D eigenvalue weighted by Gasteiger charge is 2.18. The summed E-state index contributed by atoms with van der Waals surface area (Å²) < 4.78 is 23.6. The lowest BCUT2D eigenvalue weighted by Crippen LogP contribution is -2.13. The van der Waals surface area contributed by atoms with Crippen molar-refractivity contribution in [1.82, 2.24) is 4.98 Å². The molecule has 0 radical (unpaired) electrons. The molecule has 9 heteroatoms. The Hall–Kier alpha value is -4.21. The van der Waals surface area contributed by atoms with E-state index >= 15 is 0 Å². The van der Waals surface area contributed by atoms with Gasteiger partial charge in [0.15, 0.2) is 9.84 Å². The lowest BCUT2D eigenvalue weighted by molar-refractivity contribution is -0.111. The van der Waals surface area contributed by atoms with Gasteiger partial charge in [-0.1, -0.05) is 36.9 Å². The Morgan fingerprint density at radius 2 is 1.77 bits per heavy atom. The van der Waals surface area contributed by atoms with Crippen LogP contribution in [-0.2, 0) is 21.2 Å². The molecule has 0 bridgehead atoms. The highest BCUT2D eigenvalue weighted by molar-refractivity contribution is 7.90. The lowest BCUT2D eigenvalue weighted by Gasteiger charge is -2.15. The van der Waals surface area contributed by atoms with E-state index in [2.05, 4.69) is 16.9 Å². The van der Waals surface area contributed by atoms with Crippen molar-refractivity contribution in [3.8, 4) is 22.4 Å². The van der Waals surface area contributed by atoms with Crippen LogP contribution in [0.25, 0.3) is 33.3 Å². The number of sulfone groups is 1. The SMILES string of the molecule is C=CC(=O)Nc1cccc(-c2ccc(C(N)=O)c3[nH]c(-c4ccc(S(C)(=O)=O)cc4)cc23)c1CN. The molecule has 0 atom stereocenters. The molecule has 0 saturated carbocycles. The van der Waals surface area contributed by atoms with Gasteiger partial charge in [0, 0.05) is 29.6 Å². The van der Waals surface area contributed by atoms with Gasteiger partial charge in [0.25, 0.3) is 5.91 Å². The number of H-pyrrole nitrogens is 1. The molecule has 0 unspecified atom stereocenters. The molecule has 0 fully saturated rings. The summed E-state index contributed by atoms with van der Waals surface area (Å²) in [7, 11) is -3.33. The van der Waals surface area contributed by atoms with E-state index in [1.54, 1.807) is 36.4 Å². The molecule has 2 amide bonds. The second-order valence-electron chi connectivity index (χ2n) is 8.02. The molecule has 0 spiro atoms. The molecule has 3 aromatic carbocycles. The minimum Gasteiger partial charge on any atom is -0.366 e. The highest BCUT2D eigenvalue weighted by atomic mass is 32.2. The van der Waals surface area contributed by atoms with E-state index in [4.69, 9.17) is 11.5 Å². The van der Waals surface area contributed by atoms with Gasteiger partial charge < -0.3 is 21.8 Å². The van der Waals surface area contributed by atoms with Crippen LogP contribution in [-0.4, -0.2) is 31.5 Å². The van der Waals surface area contributed by atoms with Crippen LogP contribution >= 0.6 is 0 Å². The van der Waals surface area contributed by atoms with Crippen LogP contribution in [0.1, 0.15) is 15.9 Å². The summed E-state index contributed by atoms with van der Waals surface area (Å²) in [5, 5.41) is 3.51. The Balaban J connectivity index is 1.93. The summed E-state index contributed by atoms with van der Waals surface area (Å²) in [6, 6.07) is 17.2. The zero-order valence-corrected chi connectivity index (χ0v) is 19.8. The molecule has 1 aromatic heterocycles. The maximum absolute atomic E-state index is 12.2. The van der Waals surface area contributed by atoms with E-state index in [0.717, 1.165) is 33.9 Å². The Labute approximate surface area is 202 Å². The average Bonchev–Trinajstić information content (AvgIpc) is 3.28. The van der Waals surface area contributed by atoms with Gasteiger partial charge in [-0.05, 0) is 58.7 Å². The molecule has 4 aromatic rings. The molecule has 0 aliphatic carbocycles. The summed E-state index contributed by atoms with van der Waals surface area (Å²) in [6.07, 6.45) is 2.33. The van der Waals surface area contributed by atoms with Crippen LogP contribution in [0, 0.1) is 0 Å². The van der Waals surface area contributed by atoms with Gasteiger partial charge in [0.2, 0.25) is 5.91 Å². The summed E-state index contributed by atoms with van der Waals surface area (Å²) in [4.78, 5) is 27.5. The quantitative estimate of drug-likeness (QED) is 0.293. The van der Waals surface area contributed by atoms with Crippen molar-refractivity contribution < 1.29 is 18.0 Å². The van der Waals surface area contributed by atoms with E-state index < -0.39 is 15.7 Å². The van der Waals surface area contributed by atoms with Crippen LogP contribution in [0.5, 0.6) is 0 Å². The zero-order valence-electron chi connectivity index (χ0n) is 19.0. The Morgan fingerprint density at radius 1 is 1.06 bits per heavy atom. The number of benzene rings is 3. The number of anilines is 1. The molecule has 0 aliphatic heterocycles. The number of fused-ring (bicyclic) bond motifs is 1. The topological polar surface area (TPSA) is 148 Å². The van der Waals surface area contributed by atoms with Gasteiger partial charge in [-0.2, -0.15) is 0 Å². The fraction of sp³-hybridized carbons (Fsp3) is 0.0769. The van der Waals surface area contributed by atoms with Crippen molar-refractivity contribution in [2.45, 2.75) is 11.4 Å². The minimum absolute atomic E-state index is 0.159. The van der Waals surface area contributed by atoms with Crippen LogP contribution in [0.3, 0.4) is 0 Å². The van der Waals surface area contributed by atoms with E-state index in [9.17, 15) is 18.0 Å². The molecule has 35 heavy (non-hydrogen) atoms. The normalized spacial score (nSPS) is 11.4. The third-order valence-corrected chi connectivity index (χ3v) is 6.89. The first-order valence-electron chi connectivity index (χ1n) is 10.7. The smallest absolute Gasteiger partial charge is 0.250 e. The molecule has 8 nitrogen and oxygen atoms in total. The number of amides is 2. The third kappa shape index (κ3) is 4.59. The molecule has 178 valence electrons. The van der Waals surface area contributed by atoms with Crippen LogP contribution in [0.4, 0.5) is 5.69 Å². The minimum atomic E-state index is -3.33. The predicted molar refractivity (Wildman–Crippen MR) is 138 cm³/mol. The number of nitrogens with two attached hydrogens (primary N) is 2. The van der Waals surface area contributed by atoms with Crippen molar-refractivity contribution in [3.05, 3.63) is 84.4 Å². The molecule has 4 rings (SSSR count). The van der Waals surface area contributed by atoms with Crippen molar-refractivity contribution >= 4 is 38.2 Å². The first kappa shape index (κ1) is 23.9. The number of rotatable bonds is 7. The number of hydrogen-bond acceptors (Lipinski definition) is 5. The fourth-order valence-corrected chi connectivity index (χ4v) is 4.69. The monoisotopic (exact) mass is 488 g/mol. The maximum atomic E-state index is 12.2. The number of nitrogens with one attached hydrogen (secondary N) is 2. The maximum Gasteiger partial charge on any atom is 0.250 e. The first-order valence-corrected chi connectivity index (χ1v) is 12.5. The van der Waals surface area contributed by atoms with E-state index in [-0.39, 0.29) is 17.3 Å². The number of aromatic nitrogens is 1. The number of hydrogen-bond donors (Lipinski definition) is 4. The summed E-state index contributed by atoms with van der Waals surface area (Å²) >= 11 is 0. The van der Waals surface area contributed by atoms with Gasteiger partial charge in [-0.3, -0.25) is 9.59 Å². The van der Waals surface area contributed by atoms with Crippen LogP contribution < -0.4 is 16.8 Å². The van der Waals surface area contributed by atoms with Crippen molar-refractivity contribution in [2.75, 3.05) is 11.6 Å².